The summed E-state index contributed by atoms with van der Waals surface area (Å²) in [5, 5.41) is 3.38. The quantitative estimate of drug-likeness (QED) is 0.469. The van der Waals surface area contributed by atoms with Crippen LogP contribution in [0.2, 0.25) is 0 Å². The van der Waals surface area contributed by atoms with E-state index in [1.807, 2.05) is 0 Å². The maximum Gasteiger partial charge on any atom is 0.341 e. The maximum absolute atomic E-state index is 13.0. The molecule has 34 heavy (non-hydrogen) atoms. The van der Waals surface area contributed by atoms with Crippen LogP contribution in [0.3, 0.4) is 0 Å². The Morgan fingerprint density at radius 2 is 1.71 bits per heavy atom. The lowest BCUT2D eigenvalue weighted by atomic mass is 9.95. The molecule has 0 unspecified atom stereocenters. The molecule has 0 fully saturated rings. The first-order valence-corrected chi connectivity index (χ1v) is 13.4. The number of sulfonamides is 1. The number of hydrogen-bond donors (Lipinski definition) is 1. The number of anilines is 2. The number of carbonyl (C=O) groups excluding carboxylic acids is 2. The number of carbonyl (C=O) groups is 2. The zero-order valence-electron chi connectivity index (χ0n) is 19.0. The Balaban J connectivity index is 1.55. The summed E-state index contributed by atoms with van der Waals surface area (Å²) in [6.07, 6.45) is 3.75. The van der Waals surface area contributed by atoms with E-state index >= 15 is 0 Å². The average Bonchev–Trinajstić information content (AvgIpc) is 3.22. The first kappa shape index (κ1) is 24.0. The number of thiophene rings is 1. The van der Waals surface area contributed by atoms with Crippen LogP contribution in [0.1, 0.15) is 50.9 Å². The molecule has 1 N–H and O–H groups in total. The Morgan fingerprint density at radius 1 is 1.03 bits per heavy atom. The van der Waals surface area contributed by atoms with Gasteiger partial charge in [0.25, 0.3) is 15.9 Å². The molecule has 9 heteroatoms. The molecular formula is C25H26N2O5S2. The molecule has 7 nitrogen and oxygen atoms in total. The SMILES string of the molecule is CCOC(=O)c1c(NC(=O)c2ccc(N(C)S(=O)(=O)c3ccccc3)cc2)sc2c1CCCC2. The number of rotatable bonds is 7. The van der Waals surface area contributed by atoms with Crippen LogP contribution in [-0.4, -0.2) is 33.9 Å². The van der Waals surface area contributed by atoms with Crippen LogP contribution in [-0.2, 0) is 27.6 Å². The van der Waals surface area contributed by atoms with Crippen LogP contribution in [0.4, 0.5) is 10.7 Å². The number of nitrogens with one attached hydrogen (secondary N) is 1. The molecule has 4 rings (SSSR count). The van der Waals surface area contributed by atoms with Crippen molar-refractivity contribution >= 4 is 43.9 Å². The van der Waals surface area contributed by atoms with Crippen molar-refractivity contribution in [3.8, 4) is 0 Å². The average molecular weight is 499 g/mol. The summed E-state index contributed by atoms with van der Waals surface area (Å²) in [6.45, 7) is 2.02. The van der Waals surface area contributed by atoms with Gasteiger partial charge in [-0.1, -0.05) is 18.2 Å². The minimum Gasteiger partial charge on any atom is -0.462 e. The molecule has 0 aliphatic heterocycles. The smallest absolute Gasteiger partial charge is 0.341 e. The molecule has 1 aromatic heterocycles. The maximum atomic E-state index is 13.0. The number of fused-ring (bicyclic) bond motifs is 1. The predicted molar refractivity (Wildman–Crippen MR) is 133 cm³/mol. The highest BCUT2D eigenvalue weighted by Gasteiger charge is 2.27. The van der Waals surface area contributed by atoms with Crippen LogP contribution in [0, 0.1) is 0 Å². The van der Waals surface area contributed by atoms with Gasteiger partial charge in [0.2, 0.25) is 0 Å². The van der Waals surface area contributed by atoms with Gasteiger partial charge in [-0.15, -0.1) is 11.3 Å². The molecule has 1 aliphatic carbocycles. The molecule has 1 amide bonds. The van der Waals surface area contributed by atoms with Gasteiger partial charge in [0.05, 0.1) is 22.8 Å². The molecule has 3 aromatic rings. The fraction of sp³-hybridized carbons (Fsp3) is 0.280. The van der Waals surface area contributed by atoms with E-state index in [0.717, 1.165) is 36.1 Å². The minimum atomic E-state index is -3.71. The van der Waals surface area contributed by atoms with Crippen LogP contribution in [0.5, 0.6) is 0 Å². The summed E-state index contributed by atoms with van der Waals surface area (Å²) in [4.78, 5) is 26.9. The summed E-state index contributed by atoms with van der Waals surface area (Å²) in [6, 6.07) is 14.5. The first-order chi connectivity index (χ1) is 16.3. The second-order valence-electron chi connectivity index (χ2n) is 7.92. The summed E-state index contributed by atoms with van der Waals surface area (Å²) >= 11 is 1.43. The van der Waals surface area contributed by atoms with Gasteiger partial charge in [-0.25, -0.2) is 13.2 Å². The molecule has 0 atom stereocenters. The van der Waals surface area contributed by atoms with Gasteiger partial charge in [0, 0.05) is 17.5 Å². The Kier molecular flexibility index (Phi) is 7.04. The number of benzene rings is 2. The topological polar surface area (TPSA) is 92.8 Å². The van der Waals surface area contributed by atoms with Gasteiger partial charge in [-0.2, -0.15) is 0 Å². The lowest BCUT2D eigenvalue weighted by Gasteiger charge is -2.19. The third-order valence-corrected chi connectivity index (χ3v) is 8.78. The van der Waals surface area contributed by atoms with Gasteiger partial charge in [-0.3, -0.25) is 9.10 Å². The number of hydrogen-bond acceptors (Lipinski definition) is 6. The van der Waals surface area contributed by atoms with Gasteiger partial charge in [-0.05, 0) is 74.6 Å². The molecule has 1 heterocycles. The Morgan fingerprint density at radius 3 is 2.38 bits per heavy atom. The largest absolute Gasteiger partial charge is 0.462 e. The van der Waals surface area contributed by atoms with Crippen molar-refractivity contribution in [2.45, 2.75) is 37.5 Å². The Labute approximate surface area is 203 Å². The zero-order chi connectivity index (χ0) is 24.3. The predicted octanol–water partition coefficient (Wildman–Crippen LogP) is 4.88. The number of nitrogens with zero attached hydrogens (tertiary/aromatic N) is 1. The van der Waals surface area contributed by atoms with Gasteiger partial charge in [0.1, 0.15) is 5.00 Å². The van der Waals surface area contributed by atoms with Crippen LogP contribution in [0.25, 0.3) is 0 Å². The molecule has 0 saturated carbocycles. The number of ether oxygens (including phenoxy) is 1. The fourth-order valence-electron chi connectivity index (χ4n) is 3.96. The second-order valence-corrected chi connectivity index (χ2v) is 11.0. The van der Waals surface area contributed by atoms with E-state index < -0.39 is 16.0 Å². The highest BCUT2D eigenvalue weighted by atomic mass is 32.2. The van der Waals surface area contributed by atoms with Gasteiger partial charge < -0.3 is 10.1 Å². The summed E-state index contributed by atoms with van der Waals surface area (Å²) in [5.41, 5.74) is 2.22. The van der Waals surface area contributed by atoms with E-state index in [4.69, 9.17) is 4.74 Å². The van der Waals surface area contributed by atoms with Crippen molar-refractivity contribution in [3.63, 3.8) is 0 Å². The van der Waals surface area contributed by atoms with Crippen molar-refractivity contribution in [3.05, 3.63) is 76.2 Å². The van der Waals surface area contributed by atoms with E-state index in [9.17, 15) is 18.0 Å². The van der Waals surface area contributed by atoms with Crippen molar-refractivity contribution in [1.29, 1.82) is 0 Å². The third kappa shape index (κ3) is 4.71. The van der Waals surface area contributed by atoms with E-state index in [1.54, 1.807) is 49.4 Å². The van der Waals surface area contributed by atoms with Crippen molar-refractivity contribution in [2.75, 3.05) is 23.3 Å². The Bertz CT molecular complexity index is 1300. The number of aryl methyl sites for hydroxylation is 1. The molecular weight excluding hydrogens is 472 g/mol. The first-order valence-electron chi connectivity index (χ1n) is 11.1. The van der Waals surface area contributed by atoms with Crippen LogP contribution >= 0.6 is 11.3 Å². The van der Waals surface area contributed by atoms with Crippen molar-refractivity contribution in [1.82, 2.24) is 0 Å². The molecule has 1 aliphatic rings. The lowest BCUT2D eigenvalue weighted by molar-refractivity contribution is 0.0526. The second kappa shape index (κ2) is 9.99. The van der Waals surface area contributed by atoms with E-state index in [-0.39, 0.29) is 17.4 Å². The van der Waals surface area contributed by atoms with Crippen LogP contribution < -0.4 is 9.62 Å². The van der Waals surface area contributed by atoms with E-state index in [1.165, 1.54) is 34.8 Å². The molecule has 0 saturated heterocycles. The van der Waals surface area contributed by atoms with Crippen molar-refractivity contribution < 1.29 is 22.7 Å². The summed E-state index contributed by atoms with van der Waals surface area (Å²) < 4.78 is 32.1. The minimum absolute atomic E-state index is 0.187. The fourth-order valence-corrected chi connectivity index (χ4v) is 6.45. The molecule has 0 bridgehead atoms. The van der Waals surface area contributed by atoms with Gasteiger partial charge in [0.15, 0.2) is 0 Å². The molecule has 0 radical (unpaired) electrons. The van der Waals surface area contributed by atoms with E-state index in [0.29, 0.717) is 21.8 Å². The highest BCUT2D eigenvalue weighted by molar-refractivity contribution is 7.92. The Hall–Kier alpha value is -3.17. The normalized spacial score (nSPS) is 13.1. The zero-order valence-corrected chi connectivity index (χ0v) is 20.7. The molecule has 0 spiro atoms. The number of esters is 1. The molecule has 2 aromatic carbocycles. The monoisotopic (exact) mass is 498 g/mol. The number of amides is 1. The standard InChI is InChI=1S/C25H26N2O5S2/c1-3-32-25(29)22-20-11-7-8-12-21(20)33-24(22)26-23(28)17-13-15-18(16-14-17)27(2)34(30,31)19-9-5-4-6-10-19/h4-6,9-10,13-16H,3,7-8,11-12H2,1-2H3,(H,26,28). The van der Waals surface area contributed by atoms with Crippen LogP contribution in [0.15, 0.2) is 59.5 Å². The summed E-state index contributed by atoms with van der Waals surface area (Å²) in [7, 11) is -2.24. The summed E-state index contributed by atoms with van der Waals surface area (Å²) in [5.74, 6) is -0.787. The van der Waals surface area contributed by atoms with Gasteiger partial charge >= 0.3 is 5.97 Å². The van der Waals surface area contributed by atoms with E-state index in [2.05, 4.69) is 5.32 Å². The lowest BCUT2D eigenvalue weighted by Crippen LogP contribution is -2.26. The molecule has 178 valence electrons. The third-order valence-electron chi connectivity index (χ3n) is 5.77. The van der Waals surface area contributed by atoms with Crippen molar-refractivity contribution in [2.24, 2.45) is 0 Å². The highest BCUT2D eigenvalue weighted by Crippen LogP contribution is 2.39.